The minimum Gasteiger partial charge on any atom is -0.207 e. The van der Waals surface area contributed by atoms with Crippen molar-refractivity contribution in [2.75, 3.05) is 0 Å². The second-order valence-corrected chi connectivity index (χ2v) is 5.12. The zero-order chi connectivity index (χ0) is 14.3. The van der Waals surface area contributed by atoms with Crippen LogP contribution in [0.5, 0.6) is 0 Å². The average molecular weight is 291 g/mol. The Morgan fingerprint density at radius 1 is 0.941 bits per heavy atom. The van der Waals surface area contributed by atoms with E-state index in [1.165, 1.54) is 0 Å². The third-order valence-electron chi connectivity index (χ3n) is 1.45. The van der Waals surface area contributed by atoms with E-state index in [-0.39, 0.29) is 0 Å². The van der Waals surface area contributed by atoms with Crippen molar-refractivity contribution in [2.45, 2.75) is 37.2 Å². The fourth-order valence-electron chi connectivity index (χ4n) is 0.718. The Morgan fingerprint density at radius 3 is 1.53 bits per heavy atom. The molecule has 0 aromatic heterocycles. The molecule has 0 radical (unpaired) electrons. The van der Waals surface area contributed by atoms with Gasteiger partial charge in [-0.1, -0.05) is 0 Å². The van der Waals surface area contributed by atoms with Crippen molar-refractivity contribution < 1.29 is 39.2 Å². The van der Waals surface area contributed by atoms with Crippen molar-refractivity contribution >= 4 is 10.0 Å². The van der Waals surface area contributed by atoms with Crippen molar-refractivity contribution in [3.05, 3.63) is 0 Å². The highest BCUT2D eigenvalue weighted by molar-refractivity contribution is 7.90. The minimum absolute atomic E-state index is 0.980. The lowest BCUT2D eigenvalue weighted by molar-refractivity contribution is -0.332. The maximum absolute atomic E-state index is 12.7. The number of hydrogen-bond acceptors (Lipinski definition) is 2. The van der Waals surface area contributed by atoms with Crippen LogP contribution in [0.4, 0.5) is 30.7 Å². The maximum atomic E-state index is 12.7. The zero-order valence-corrected chi connectivity index (χ0v) is 9.26. The molecule has 0 aromatic carbocycles. The van der Waals surface area contributed by atoms with E-state index in [1.807, 2.05) is 0 Å². The molecule has 3 nitrogen and oxygen atoms in total. The third-order valence-corrected chi connectivity index (χ3v) is 3.16. The van der Waals surface area contributed by atoms with Crippen LogP contribution < -0.4 is 4.72 Å². The van der Waals surface area contributed by atoms with E-state index in [9.17, 15) is 39.2 Å². The Morgan fingerprint density at radius 2 is 1.29 bits per heavy atom. The molecule has 0 aliphatic carbocycles. The van der Waals surface area contributed by atoms with Crippen LogP contribution in [0.1, 0.15) is 13.8 Å². The highest BCUT2D eigenvalue weighted by Gasteiger charge is 2.78. The van der Waals surface area contributed by atoms with Crippen molar-refractivity contribution in [1.29, 1.82) is 0 Å². The average Bonchev–Trinajstić information content (AvgIpc) is 1.98. The van der Waals surface area contributed by atoms with Gasteiger partial charge in [0.1, 0.15) is 0 Å². The minimum atomic E-state index is -6.68. The molecule has 0 amide bonds. The lowest BCUT2D eigenvalue weighted by Gasteiger charge is -2.28. The van der Waals surface area contributed by atoms with Gasteiger partial charge >= 0.3 is 17.4 Å². The largest absolute Gasteiger partial charge is 0.461 e. The smallest absolute Gasteiger partial charge is 0.207 e. The Labute approximate surface area is 92.0 Å². The molecular weight excluding hydrogens is 283 g/mol. The van der Waals surface area contributed by atoms with Gasteiger partial charge in [-0.2, -0.15) is 30.7 Å². The van der Waals surface area contributed by atoms with Gasteiger partial charge in [-0.15, -0.1) is 0 Å². The van der Waals surface area contributed by atoms with E-state index in [4.69, 9.17) is 0 Å². The van der Waals surface area contributed by atoms with E-state index in [2.05, 4.69) is 0 Å². The molecular formula is C6H8F7NO2S. The second kappa shape index (κ2) is 4.26. The summed E-state index contributed by atoms with van der Waals surface area (Å²) in [6.45, 7) is 1.97. The molecule has 17 heavy (non-hydrogen) atoms. The maximum Gasteiger partial charge on any atom is 0.461 e. The fourth-order valence-corrected chi connectivity index (χ4v) is 1.94. The predicted molar refractivity (Wildman–Crippen MR) is 43.1 cm³/mol. The molecule has 0 bridgehead atoms. The van der Waals surface area contributed by atoms with E-state index < -0.39 is 33.4 Å². The number of halogens is 7. The van der Waals surface area contributed by atoms with Crippen LogP contribution in [0.3, 0.4) is 0 Å². The Balaban J connectivity index is 5.57. The van der Waals surface area contributed by atoms with Gasteiger partial charge in [0.15, 0.2) is 0 Å². The number of nitrogens with one attached hydrogen (secondary N) is 1. The molecule has 0 rings (SSSR count). The van der Waals surface area contributed by atoms with Gasteiger partial charge in [0.25, 0.3) is 10.0 Å². The summed E-state index contributed by atoms with van der Waals surface area (Å²) >= 11 is 0. The molecule has 0 saturated carbocycles. The molecule has 104 valence electrons. The summed E-state index contributed by atoms with van der Waals surface area (Å²) in [6, 6.07) is -1.25. The van der Waals surface area contributed by atoms with Gasteiger partial charge < -0.3 is 0 Å². The van der Waals surface area contributed by atoms with E-state index in [1.54, 1.807) is 0 Å². The van der Waals surface area contributed by atoms with Crippen molar-refractivity contribution in [2.24, 2.45) is 0 Å². The quantitative estimate of drug-likeness (QED) is 0.806. The lowest BCUT2D eigenvalue weighted by Crippen LogP contribution is -2.59. The van der Waals surface area contributed by atoms with Gasteiger partial charge in [-0.05, 0) is 13.8 Å². The summed E-state index contributed by atoms with van der Waals surface area (Å²) < 4.78 is 108. The number of alkyl halides is 7. The van der Waals surface area contributed by atoms with Crippen molar-refractivity contribution in [1.82, 2.24) is 4.72 Å². The fraction of sp³-hybridized carbons (Fsp3) is 1.00. The highest BCUT2D eigenvalue weighted by Crippen LogP contribution is 2.48. The molecule has 0 fully saturated rings. The molecule has 0 aliphatic rings. The second-order valence-electron chi connectivity index (χ2n) is 3.36. The Bertz CT molecular complexity index is 372. The molecule has 1 N–H and O–H groups in total. The van der Waals surface area contributed by atoms with Gasteiger partial charge in [-0.3, -0.25) is 0 Å². The lowest BCUT2D eigenvalue weighted by atomic mass is 10.3. The van der Waals surface area contributed by atoms with Crippen LogP contribution in [0.25, 0.3) is 0 Å². The topological polar surface area (TPSA) is 46.2 Å². The predicted octanol–water partition coefficient (Wildman–Crippen LogP) is 2.10. The van der Waals surface area contributed by atoms with Crippen LogP contribution in [0.15, 0.2) is 0 Å². The first-order valence-electron chi connectivity index (χ1n) is 4.01. The summed E-state index contributed by atoms with van der Waals surface area (Å²) in [7, 11) is -6.15. The Kier molecular flexibility index (Phi) is 4.12. The first-order valence-corrected chi connectivity index (χ1v) is 5.49. The summed E-state index contributed by atoms with van der Waals surface area (Å²) in [5.74, 6) is -6.68. The summed E-state index contributed by atoms with van der Waals surface area (Å²) in [4.78, 5) is 0. The molecule has 0 heterocycles. The van der Waals surface area contributed by atoms with Crippen LogP contribution in [0.2, 0.25) is 0 Å². The third kappa shape index (κ3) is 2.81. The first-order chi connectivity index (χ1) is 7.17. The SMILES string of the molecule is CC(C)NS(=O)(=O)C(F)(F)C(F)(F)C(F)(F)F. The summed E-state index contributed by atoms with van der Waals surface area (Å²) in [5.41, 5.74) is 0. The van der Waals surface area contributed by atoms with Crippen LogP contribution in [0, 0.1) is 0 Å². The summed E-state index contributed by atoms with van der Waals surface area (Å²) in [6.07, 6.45) is -6.68. The highest BCUT2D eigenvalue weighted by atomic mass is 32.2. The molecule has 11 heteroatoms. The standard InChI is InChI=1S/C6H8F7NO2S/c1-3(2)14-17(15,16)6(12,13)4(7,8)5(9,10)11/h3,14H,1-2H3. The van der Waals surface area contributed by atoms with E-state index in [0.29, 0.717) is 0 Å². The van der Waals surface area contributed by atoms with Crippen molar-refractivity contribution in [3.8, 4) is 0 Å². The first kappa shape index (κ1) is 16.4. The van der Waals surface area contributed by atoms with Crippen molar-refractivity contribution in [3.63, 3.8) is 0 Å². The number of sulfonamides is 1. The van der Waals surface area contributed by atoms with Gasteiger partial charge in [0.05, 0.1) is 0 Å². The molecule has 0 atom stereocenters. The molecule has 0 saturated heterocycles. The zero-order valence-electron chi connectivity index (χ0n) is 8.45. The molecule has 0 aliphatic heterocycles. The van der Waals surface area contributed by atoms with E-state index >= 15 is 0 Å². The Hall–Kier alpha value is -0.580. The number of hydrogen-bond donors (Lipinski definition) is 1. The van der Waals surface area contributed by atoms with Gasteiger partial charge in [0.2, 0.25) is 0 Å². The monoisotopic (exact) mass is 291 g/mol. The number of rotatable bonds is 4. The summed E-state index contributed by atoms with van der Waals surface area (Å²) in [5, 5.41) is -6.29. The normalized spacial score (nSPS) is 15.4. The van der Waals surface area contributed by atoms with Gasteiger partial charge in [-0.25, -0.2) is 13.1 Å². The van der Waals surface area contributed by atoms with Crippen LogP contribution in [-0.2, 0) is 10.0 Å². The van der Waals surface area contributed by atoms with E-state index in [0.717, 1.165) is 18.6 Å². The van der Waals surface area contributed by atoms with Crippen LogP contribution in [-0.4, -0.2) is 31.8 Å². The van der Waals surface area contributed by atoms with Gasteiger partial charge in [0, 0.05) is 6.04 Å². The molecule has 0 spiro atoms. The molecule has 0 unspecified atom stereocenters. The van der Waals surface area contributed by atoms with Crippen LogP contribution >= 0.6 is 0 Å². The molecule has 0 aromatic rings.